The molecule has 0 saturated heterocycles. The first-order valence-electron chi connectivity index (χ1n) is 9.30. The summed E-state index contributed by atoms with van der Waals surface area (Å²) in [5.41, 5.74) is 0. The molecule has 0 amide bonds. The summed E-state index contributed by atoms with van der Waals surface area (Å²) in [4.78, 5) is 23.3. The number of hydrogen-bond acceptors (Lipinski definition) is 3. The number of ether oxygens (including phenoxy) is 1. The quantitative estimate of drug-likeness (QED) is 0.303. The molecule has 3 N–H and O–H groups in total. The second-order valence-electron chi connectivity index (χ2n) is 6.57. The molecule has 0 spiro atoms. The Morgan fingerprint density at radius 3 is 1.28 bits per heavy atom. The molecule has 0 fully saturated rings. The average molecular weight is 404 g/mol. The van der Waals surface area contributed by atoms with Crippen molar-refractivity contribution in [3.8, 4) is 0 Å². The van der Waals surface area contributed by atoms with Gasteiger partial charge in [0.1, 0.15) is 0 Å². The number of hydrogen-bond donors (Lipinski definition) is 3. The fourth-order valence-electron chi connectivity index (χ4n) is 1.69. The van der Waals surface area contributed by atoms with Gasteiger partial charge in [-0.25, -0.2) is 0 Å². The van der Waals surface area contributed by atoms with Crippen LogP contribution in [0.5, 0.6) is 0 Å². The highest BCUT2D eigenvalue weighted by atomic mass is 31.2. The van der Waals surface area contributed by atoms with E-state index >= 15 is 0 Å². The minimum absolute atomic E-state index is 0.854. The molecule has 0 bridgehead atoms. The van der Waals surface area contributed by atoms with Gasteiger partial charge >= 0.3 is 7.60 Å². The van der Waals surface area contributed by atoms with E-state index in [1.54, 1.807) is 0 Å². The van der Waals surface area contributed by atoms with Gasteiger partial charge in [-0.3, -0.25) is 9.13 Å². The fourth-order valence-corrected chi connectivity index (χ4v) is 1.69. The van der Waals surface area contributed by atoms with E-state index in [2.05, 4.69) is 13.8 Å². The first kappa shape index (κ1) is 30.0. The molecular weight excluding hydrogens is 362 g/mol. The topological polar surface area (TPSA) is 104 Å². The van der Waals surface area contributed by atoms with Crippen LogP contribution in [0, 0.1) is 0 Å². The van der Waals surface area contributed by atoms with Gasteiger partial charge in [-0.1, -0.05) is 65.2 Å². The Hall–Kier alpha value is 0.300. The molecule has 0 atom stereocenters. The maximum Gasteiger partial charge on any atom is 0.322 e. The fraction of sp³-hybridized carbons (Fsp3) is 1.00. The monoisotopic (exact) mass is 404 g/mol. The molecule has 0 saturated carbocycles. The van der Waals surface area contributed by atoms with E-state index in [9.17, 15) is 9.13 Å². The number of rotatable bonds is 12. The molecule has 0 aliphatic rings. The summed E-state index contributed by atoms with van der Waals surface area (Å²) in [7, 11) is -6.28. The van der Waals surface area contributed by atoms with Crippen LogP contribution < -0.4 is 0 Å². The van der Waals surface area contributed by atoms with Crippen molar-refractivity contribution in [3.05, 3.63) is 0 Å². The molecule has 0 aromatic rings. The van der Waals surface area contributed by atoms with Gasteiger partial charge in [0.15, 0.2) is 7.37 Å². The maximum atomic E-state index is 9.77. The Balaban J connectivity index is -0.000000396. The molecule has 0 radical (unpaired) electrons. The second-order valence-corrected chi connectivity index (χ2v) is 10.8. The predicted octanol–water partition coefficient (Wildman–Crippen LogP) is 5.25. The first-order valence-corrected chi connectivity index (χ1v) is 13.9. The normalized spacial score (nSPS) is 11.2. The lowest BCUT2D eigenvalue weighted by molar-refractivity contribution is 0.127. The molecule has 8 heteroatoms. The molecule has 6 nitrogen and oxygen atoms in total. The predicted molar refractivity (Wildman–Crippen MR) is 108 cm³/mol. The third kappa shape index (κ3) is 79.9. The third-order valence-corrected chi connectivity index (χ3v) is 2.78. The van der Waals surface area contributed by atoms with Crippen LogP contribution in [0.4, 0.5) is 0 Å². The molecule has 0 rings (SSSR count). The van der Waals surface area contributed by atoms with Crippen molar-refractivity contribution in [2.45, 2.75) is 78.1 Å². The van der Waals surface area contributed by atoms with E-state index in [1.165, 1.54) is 77.5 Å². The first-order chi connectivity index (χ1) is 11.4. The third-order valence-electron chi connectivity index (χ3n) is 2.78. The minimum Gasteiger partial charge on any atom is -0.381 e. The molecule has 0 heterocycles. The summed E-state index contributed by atoms with van der Waals surface area (Å²) in [6.45, 7) is 9.88. The zero-order chi connectivity index (χ0) is 20.2. The average Bonchev–Trinajstić information content (AvgIpc) is 2.41. The molecule has 0 aromatic carbocycles. The largest absolute Gasteiger partial charge is 0.381 e. The van der Waals surface area contributed by atoms with Gasteiger partial charge in [-0.2, -0.15) is 0 Å². The standard InChI is InChI=1S/C14H30O.C2H7O2P.CH5O3P/c1-3-5-7-8-9-10-11-12-14-15-13-6-4-2;2*1-5(2,3)4/h3-14H2,1-2H3;1-2H3,(H,3,4);1H3,(H2,2,3,4). The Morgan fingerprint density at radius 1 is 0.640 bits per heavy atom. The van der Waals surface area contributed by atoms with Crippen LogP contribution in [0.3, 0.4) is 0 Å². The van der Waals surface area contributed by atoms with E-state index in [1.807, 2.05) is 0 Å². The van der Waals surface area contributed by atoms with Crippen molar-refractivity contribution in [1.82, 2.24) is 0 Å². The molecule has 0 unspecified atom stereocenters. The molecule has 156 valence electrons. The van der Waals surface area contributed by atoms with Crippen LogP contribution in [0.1, 0.15) is 78.1 Å². The van der Waals surface area contributed by atoms with Gasteiger partial charge in [0.25, 0.3) is 0 Å². The lowest BCUT2D eigenvalue weighted by atomic mass is 10.1. The van der Waals surface area contributed by atoms with Gasteiger partial charge in [-0.15, -0.1) is 0 Å². The van der Waals surface area contributed by atoms with Gasteiger partial charge < -0.3 is 19.4 Å². The molecule has 0 aromatic heterocycles. The van der Waals surface area contributed by atoms with Gasteiger partial charge in [-0.05, 0) is 12.8 Å². The van der Waals surface area contributed by atoms with E-state index in [0.717, 1.165) is 19.9 Å². The Bertz CT molecular complexity index is 290. The van der Waals surface area contributed by atoms with E-state index in [0.29, 0.717) is 0 Å². The number of unbranched alkanes of at least 4 members (excludes halogenated alkanes) is 8. The van der Waals surface area contributed by atoms with Crippen LogP contribution in [0.25, 0.3) is 0 Å². The zero-order valence-corrected chi connectivity index (χ0v) is 18.7. The summed E-state index contributed by atoms with van der Waals surface area (Å²) < 4.78 is 24.6. The van der Waals surface area contributed by atoms with Crippen molar-refractivity contribution in [2.24, 2.45) is 0 Å². The maximum absolute atomic E-state index is 9.77. The Labute approximate surface area is 155 Å². The Kier molecular flexibility index (Phi) is 24.8. The van der Waals surface area contributed by atoms with Crippen LogP contribution in [0.2, 0.25) is 0 Å². The SMILES string of the molecule is CCCCCCCCCCOCCCC.CP(=O)(O)O.CP(C)(=O)O. The second kappa shape index (κ2) is 20.6. The van der Waals surface area contributed by atoms with E-state index in [-0.39, 0.29) is 0 Å². The van der Waals surface area contributed by atoms with Crippen molar-refractivity contribution in [1.29, 1.82) is 0 Å². The summed E-state index contributed by atoms with van der Waals surface area (Å²) in [5.74, 6) is 0. The van der Waals surface area contributed by atoms with Crippen LogP contribution in [-0.4, -0.2) is 47.9 Å². The highest BCUT2D eigenvalue weighted by Crippen LogP contribution is 2.27. The summed E-state index contributed by atoms with van der Waals surface area (Å²) in [6.07, 6.45) is 13.6. The zero-order valence-electron chi connectivity index (χ0n) is 16.9. The van der Waals surface area contributed by atoms with Gasteiger partial charge in [0.2, 0.25) is 0 Å². The smallest absolute Gasteiger partial charge is 0.322 e. The highest BCUT2D eigenvalue weighted by Gasteiger charge is 1.95. The molecular formula is C17H42O6P2. The summed E-state index contributed by atoms with van der Waals surface area (Å²) in [6, 6.07) is 0. The molecule has 0 aliphatic carbocycles. The van der Waals surface area contributed by atoms with Gasteiger partial charge in [0.05, 0.1) is 0 Å². The molecule has 25 heavy (non-hydrogen) atoms. The van der Waals surface area contributed by atoms with E-state index in [4.69, 9.17) is 19.4 Å². The minimum atomic E-state index is -3.64. The van der Waals surface area contributed by atoms with Crippen LogP contribution in [-0.2, 0) is 13.9 Å². The highest BCUT2D eigenvalue weighted by molar-refractivity contribution is 7.56. The lowest BCUT2D eigenvalue weighted by Gasteiger charge is -2.03. The molecule has 0 aliphatic heterocycles. The van der Waals surface area contributed by atoms with Crippen molar-refractivity contribution >= 4 is 15.0 Å². The summed E-state index contributed by atoms with van der Waals surface area (Å²) in [5, 5.41) is 0. The van der Waals surface area contributed by atoms with Crippen LogP contribution >= 0.6 is 15.0 Å². The van der Waals surface area contributed by atoms with Crippen molar-refractivity contribution in [3.63, 3.8) is 0 Å². The Morgan fingerprint density at radius 2 is 0.920 bits per heavy atom. The van der Waals surface area contributed by atoms with Crippen molar-refractivity contribution < 1.29 is 28.5 Å². The van der Waals surface area contributed by atoms with Gasteiger partial charge in [0, 0.05) is 33.2 Å². The van der Waals surface area contributed by atoms with Crippen molar-refractivity contribution in [2.75, 3.05) is 33.2 Å². The lowest BCUT2D eigenvalue weighted by Crippen LogP contribution is -1.96. The van der Waals surface area contributed by atoms with E-state index < -0.39 is 15.0 Å². The van der Waals surface area contributed by atoms with Crippen LogP contribution in [0.15, 0.2) is 0 Å². The summed E-state index contributed by atoms with van der Waals surface area (Å²) >= 11 is 0.